The van der Waals surface area contributed by atoms with Gasteiger partial charge in [0.1, 0.15) is 5.75 Å². The summed E-state index contributed by atoms with van der Waals surface area (Å²) in [5.41, 5.74) is 6.29. The molecule has 0 aliphatic carbocycles. The third-order valence-corrected chi connectivity index (χ3v) is 4.71. The van der Waals surface area contributed by atoms with E-state index in [0.717, 1.165) is 12.0 Å². The zero-order chi connectivity index (χ0) is 22.8. The molecule has 0 bridgehead atoms. The monoisotopic (exact) mass is 443 g/mol. The van der Waals surface area contributed by atoms with Gasteiger partial charge in [-0.2, -0.15) is 0 Å². The number of hydrazine groups is 1. The van der Waals surface area contributed by atoms with Crippen LogP contribution in [-0.2, 0) is 9.53 Å². The van der Waals surface area contributed by atoms with Gasteiger partial charge in [-0.3, -0.25) is 25.8 Å². The highest BCUT2D eigenvalue weighted by Crippen LogP contribution is 2.28. The molecule has 0 heterocycles. The predicted molar refractivity (Wildman–Crippen MR) is 120 cm³/mol. The molecule has 2 aromatic rings. The number of para-hydroxylation sites is 1. The van der Waals surface area contributed by atoms with Gasteiger partial charge < -0.3 is 9.47 Å². The van der Waals surface area contributed by atoms with Crippen LogP contribution in [0.4, 0.5) is 0 Å². The quantitative estimate of drug-likeness (QED) is 0.343. The Bertz CT molecular complexity index is 964. The van der Waals surface area contributed by atoms with Crippen LogP contribution >= 0.6 is 12.2 Å². The molecule has 0 radical (unpaired) electrons. The van der Waals surface area contributed by atoms with Gasteiger partial charge in [0.25, 0.3) is 11.8 Å². The summed E-state index contributed by atoms with van der Waals surface area (Å²) in [5.74, 6) is -0.622. The van der Waals surface area contributed by atoms with Crippen molar-refractivity contribution in [3.63, 3.8) is 0 Å². The second-order valence-corrected chi connectivity index (χ2v) is 7.07. The van der Waals surface area contributed by atoms with Crippen molar-refractivity contribution >= 4 is 35.1 Å². The van der Waals surface area contributed by atoms with Gasteiger partial charge >= 0.3 is 5.97 Å². The molecule has 164 valence electrons. The highest BCUT2D eigenvalue weighted by molar-refractivity contribution is 7.80. The molecule has 2 aromatic carbocycles. The molecule has 0 aromatic heterocycles. The Labute approximate surface area is 186 Å². The number of rotatable bonds is 7. The maximum absolute atomic E-state index is 12.3. The summed E-state index contributed by atoms with van der Waals surface area (Å²) >= 11 is 5.01. The van der Waals surface area contributed by atoms with Crippen LogP contribution in [0.5, 0.6) is 5.75 Å². The third-order valence-electron chi connectivity index (χ3n) is 4.51. The van der Waals surface area contributed by atoms with Gasteiger partial charge in [0.2, 0.25) is 0 Å². The molecule has 0 saturated heterocycles. The fourth-order valence-corrected chi connectivity index (χ4v) is 2.80. The van der Waals surface area contributed by atoms with Gasteiger partial charge in [-0.1, -0.05) is 38.1 Å². The third kappa shape index (κ3) is 7.07. The van der Waals surface area contributed by atoms with Crippen molar-refractivity contribution in [3.05, 3.63) is 65.2 Å². The minimum absolute atomic E-state index is 0.109. The molecule has 2 amide bonds. The van der Waals surface area contributed by atoms with Crippen molar-refractivity contribution in [1.82, 2.24) is 16.2 Å². The number of thiocarbonyl (C=S) groups is 1. The van der Waals surface area contributed by atoms with E-state index in [9.17, 15) is 14.4 Å². The number of methoxy groups -OCH3 is 1. The van der Waals surface area contributed by atoms with Gasteiger partial charge in [0.05, 0.1) is 12.7 Å². The van der Waals surface area contributed by atoms with Gasteiger partial charge in [-0.15, -0.1) is 0 Å². The fourth-order valence-electron chi connectivity index (χ4n) is 2.66. The van der Waals surface area contributed by atoms with E-state index in [2.05, 4.69) is 34.8 Å². The maximum Gasteiger partial charge on any atom is 0.337 e. The first-order valence-electron chi connectivity index (χ1n) is 9.66. The lowest BCUT2D eigenvalue weighted by Gasteiger charge is -2.16. The number of carbonyl (C=O) groups is 3. The summed E-state index contributed by atoms with van der Waals surface area (Å²) < 4.78 is 10.3. The van der Waals surface area contributed by atoms with Gasteiger partial charge in [-0.05, 0) is 54.4 Å². The molecule has 0 fully saturated rings. The van der Waals surface area contributed by atoms with Crippen LogP contribution in [0.3, 0.4) is 0 Å². The van der Waals surface area contributed by atoms with E-state index in [1.165, 1.54) is 25.3 Å². The van der Waals surface area contributed by atoms with E-state index >= 15 is 0 Å². The summed E-state index contributed by atoms with van der Waals surface area (Å²) in [6.45, 7) is 3.95. The van der Waals surface area contributed by atoms with Crippen LogP contribution in [-0.4, -0.2) is 36.6 Å². The Morgan fingerprint density at radius 1 is 1.03 bits per heavy atom. The minimum atomic E-state index is -0.558. The van der Waals surface area contributed by atoms with Crippen molar-refractivity contribution in [3.8, 4) is 5.75 Å². The molecule has 3 N–H and O–H groups in total. The van der Waals surface area contributed by atoms with E-state index in [1.54, 1.807) is 6.07 Å². The maximum atomic E-state index is 12.3. The van der Waals surface area contributed by atoms with E-state index in [4.69, 9.17) is 17.0 Å². The first-order valence-corrected chi connectivity index (χ1v) is 10.1. The van der Waals surface area contributed by atoms with E-state index in [-0.39, 0.29) is 22.8 Å². The normalized spacial score (nSPS) is 11.1. The van der Waals surface area contributed by atoms with Crippen LogP contribution in [0.1, 0.15) is 52.5 Å². The fraction of sp³-hybridized carbons (Fsp3) is 0.273. The van der Waals surface area contributed by atoms with Gasteiger partial charge in [-0.25, -0.2) is 4.79 Å². The lowest BCUT2D eigenvalue weighted by molar-refractivity contribution is -0.123. The number of benzene rings is 2. The predicted octanol–water partition coefficient (Wildman–Crippen LogP) is 2.70. The summed E-state index contributed by atoms with van der Waals surface area (Å²) in [5, 5.41) is 2.31. The largest absolute Gasteiger partial charge is 0.483 e. The topological polar surface area (TPSA) is 106 Å². The molecule has 9 heteroatoms. The Morgan fingerprint density at radius 2 is 1.74 bits per heavy atom. The Kier molecular flexibility index (Phi) is 8.95. The average Bonchev–Trinajstić information content (AvgIpc) is 2.80. The van der Waals surface area contributed by atoms with E-state index in [0.29, 0.717) is 11.7 Å². The van der Waals surface area contributed by atoms with Crippen LogP contribution in [0, 0.1) is 0 Å². The van der Waals surface area contributed by atoms with Crippen LogP contribution in [0.2, 0.25) is 0 Å². The summed E-state index contributed by atoms with van der Waals surface area (Å²) in [7, 11) is 1.25. The van der Waals surface area contributed by atoms with Gasteiger partial charge in [0, 0.05) is 5.56 Å². The zero-order valence-electron chi connectivity index (χ0n) is 17.6. The van der Waals surface area contributed by atoms with Crippen molar-refractivity contribution in [2.45, 2.75) is 26.2 Å². The summed E-state index contributed by atoms with van der Waals surface area (Å²) in [6, 6.07) is 13.5. The average molecular weight is 444 g/mol. The number of esters is 1. The van der Waals surface area contributed by atoms with Crippen LogP contribution < -0.4 is 20.9 Å². The van der Waals surface area contributed by atoms with Gasteiger partial charge in [0.15, 0.2) is 11.7 Å². The second kappa shape index (κ2) is 11.7. The molecule has 1 atom stereocenters. The first kappa shape index (κ1) is 23.8. The number of carbonyl (C=O) groups excluding carboxylic acids is 3. The highest BCUT2D eigenvalue weighted by Gasteiger charge is 2.13. The van der Waals surface area contributed by atoms with Crippen molar-refractivity contribution in [2.75, 3.05) is 13.7 Å². The first-order chi connectivity index (χ1) is 14.8. The SMILES string of the molecule is CCC(C)c1ccccc1OCC(=O)NNC(=S)NC(=O)c1cccc(C(=O)OC)c1. The highest BCUT2D eigenvalue weighted by atomic mass is 32.1. The van der Waals surface area contributed by atoms with Crippen LogP contribution in [0.25, 0.3) is 0 Å². The Morgan fingerprint density at radius 3 is 2.45 bits per heavy atom. The molecule has 1 unspecified atom stereocenters. The molecule has 8 nitrogen and oxygen atoms in total. The van der Waals surface area contributed by atoms with Crippen LogP contribution in [0.15, 0.2) is 48.5 Å². The van der Waals surface area contributed by atoms with E-state index < -0.39 is 17.8 Å². The number of nitrogens with one attached hydrogen (secondary N) is 3. The van der Waals surface area contributed by atoms with Crippen molar-refractivity contribution < 1.29 is 23.9 Å². The second-order valence-electron chi connectivity index (χ2n) is 6.66. The number of ether oxygens (including phenoxy) is 2. The molecule has 2 rings (SSSR count). The van der Waals surface area contributed by atoms with Crippen molar-refractivity contribution in [2.24, 2.45) is 0 Å². The lowest BCUT2D eigenvalue weighted by Crippen LogP contribution is -2.49. The summed E-state index contributed by atoms with van der Waals surface area (Å²) in [4.78, 5) is 35.9. The molecule has 0 spiro atoms. The standard InChI is InChI=1S/C22H25N3O5S/c1-4-14(2)17-10-5-6-11-18(17)30-13-19(26)24-25-22(31)23-20(27)15-8-7-9-16(12-15)21(28)29-3/h5-12,14H,4,13H2,1-3H3,(H,24,26)(H2,23,25,27,31). The van der Waals surface area contributed by atoms with Crippen molar-refractivity contribution in [1.29, 1.82) is 0 Å². The molecule has 31 heavy (non-hydrogen) atoms. The molecule has 0 aliphatic heterocycles. The number of hydrogen-bond acceptors (Lipinski definition) is 6. The molecule has 0 aliphatic rings. The van der Waals surface area contributed by atoms with E-state index in [1.807, 2.05) is 24.3 Å². The Hall–Kier alpha value is -3.46. The minimum Gasteiger partial charge on any atom is -0.483 e. The number of hydrogen-bond donors (Lipinski definition) is 3. The molecular formula is C22H25N3O5S. The molecule has 0 saturated carbocycles. The summed E-state index contributed by atoms with van der Waals surface area (Å²) in [6.07, 6.45) is 0.949. The smallest absolute Gasteiger partial charge is 0.337 e. The molecular weight excluding hydrogens is 418 g/mol. The zero-order valence-corrected chi connectivity index (χ0v) is 18.4. The lowest BCUT2D eigenvalue weighted by atomic mass is 9.98. The number of amides is 2. The Balaban J connectivity index is 1.83.